The first-order valence-corrected chi connectivity index (χ1v) is 4.06. The number of nitrogens with zero attached hydrogens (tertiary/aromatic N) is 2. The third-order valence-electron chi connectivity index (χ3n) is 0.809. The number of aromatic nitrogens is 1. The quantitative estimate of drug-likeness (QED) is 0.540. The van der Waals surface area contributed by atoms with Crippen LogP contribution in [-0.2, 0) is 4.79 Å². The number of rotatable bonds is 1. The molecule has 1 heterocycles. The summed E-state index contributed by atoms with van der Waals surface area (Å²) in [5.41, 5.74) is 0. The molecule has 0 saturated carbocycles. The van der Waals surface area contributed by atoms with Crippen LogP contribution in [0.2, 0.25) is 0 Å². The number of aldehydes is 1. The van der Waals surface area contributed by atoms with E-state index in [1.807, 2.05) is 18.2 Å². The maximum Gasteiger partial charge on any atom is 0.156 e. The van der Waals surface area contributed by atoms with Crippen LogP contribution in [0.5, 0.6) is 0 Å². The molecule has 0 aromatic carbocycles. The lowest BCUT2D eigenvalue weighted by atomic mass is 10.5. The van der Waals surface area contributed by atoms with Crippen molar-refractivity contribution in [2.75, 3.05) is 0 Å². The first-order chi connectivity index (χ1) is 5.81. The molecule has 1 unspecified atom stereocenters. The van der Waals surface area contributed by atoms with Crippen molar-refractivity contribution in [1.82, 2.24) is 4.98 Å². The molecule has 12 heavy (non-hydrogen) atoms. The van der Waals surface area contributed by atoms with E-state index in [9.17, 15) is 4.79 Å². The van der Waals surface area contributed by atoms with E-state index >= 15 is 0 Å². The van der Waals surface area contributed by atoms with Gasteiger partial charge in [0.05, 0.1) is 6.07 Å². The molecule has 0 aliphatic rings. The Morgan fingerprint density at radius 2 is 2.00 bits per heavy atom. The first-order valence-electron chi connectivity index (χ1n) is 3.15. The van der Waals surface area contributed by atoms with E-state index < -0.39 is 4.83 Å². The summed E-state index contributed by atoms with van der Waals surface area (Å²) in [4.78, 5) is 12.6. The normalized spacial score (nSPS) is 10.0. The Bertz CT molecular complexity index is 218. The monoisotopic (exact) mass is 226 g/mol. The van der Waals surface area contributed by atoms with Gasteiger partial charge in [-0.05, 0) is 12.1 Å². The summed E-state index contributed by atoms with van der Waals surface area (Å²) in [7, 11) is 0. The predicted octanol–water partition coefficient (Wildman–Crippen LogP) is 1.55. The molecule has 0 radical (unpaired) electrons. The zero-order chi connectivity index (χ0) is 9.23. The Hall–Kier alpha value is -1.21. The van der Waals surface area contributed by atoms with Crippen LogP contribution < -0.4 is 0 Å². The minimum atomic E-state index is -0.627. The number of halogens is 1. The van der Waals surface area contributed by atoms with Gasteiger partial charge in [-0.3, -0.25) is 4.98 Å². The van der Waals surface area contributed by atoms with Crippen molar-refractivity contribution >= 4 is 22.2 Å². The molecule has 62 valence electrons. The van der Waals surface area contributed by atoms with Crippen molar-refractivity contribution in [3.8, 4) is 6.07 Å². The molecule has 1 aromatic heterocycles. The van der Waals surface area contributed by atoms with Crippen LogP contribution in [0.3, 0.4) is 0 Å². The minimum absolute atomic E-state index is 0.528. The van der Waals surface area contributed by atoms with Crippen LogP contribution in [0, 0.1) is 11.3 Å². The maximum atomic E-state index is 9.47. The van der Waals surface area contributed by atoms with Crippen molar-refractivity contribution in [1.29, 1.82) is 5.26 Å². The van der Waals surface area contributed by atoms with Crippen LogP contribution in [0.25, 0.3) is 0 Å². The molecule has 0 saturated heterocycles. The highest BCUT2D eigenvalue weighted by Crippen LogP contribution is 1.88. The van der Waals surface area contributed by atoms with Gasteiger partial charge in [0.25, 0.3) is 0 Å². The van der Waals surface area contributed by atoms with Crippen molar-refractivity contribution < 1.29 is 4.79 Å². The van der Waals surface area contributed by atoms with Gasteiger partial charge >= 0.3 is 0 Å². The second-order valence-corrected chi connectivity index (χ2v) is 2.68. The predicted molar refractivity (Wildman–Crippen MR) is 48.6 cm³/mol. The minimum Gasteiger partial charge on any atom is -0.301 e. The van der Waals surface area contributed by atoms with E-state index in [1.165, 1.54) is 0 Å². The van der Waals surface area contributed by atoms with Crippen LogP contribution in [0.1, 0.15) is 0 Å². The van der Waals surface area contributed by atoms with E-state index in [0.29, 0.717) is 6.29 Å². The van der Waals surface area contributed by atoms with Crippen molar-refractivity contribution in [3.05, 3.63) is 30.6 Å². The lowest BCUT2D eigenvalue weighted by molar-refractivity contribution is -0.106. The first kappa shape index (κ1) is 10.8. The van der Waals surface area contributed by atoms with Gasteiger partial charge in [0.1, 0.15) is 6.29 Å². The Morgan fingerprint density at radius 3 is 2.08 bits per heavy atom. The molecule has 0 bridgehead atoms. The average Bonchev–Trinajstić information content (AvgIpc) is 2.20. The van der Waals surface area contributed by atoms with Gasteiger partial charge in [0.2, 0.25) is 0 Å². The zero-order valence-electron chi connectivity index (χ0n) is 6.22. The summed E-state index contributed by atoms with van der Waals surface area (Å²) in [6, 6.07) is 7.38. The topological polar surface area (TPSA) is 53.8 Å². The summed E-state index contributed by atoms with van der Waals surface area (Å²) in [5.74, 6) is 0. The standard InChI is InChI=1S/C5H5N.C3H2BrNO/c1-2-4-6-5-3-1;4-3(1-5)2-6/h1-5H;2-3H. The van der Waals surface area contributed by atoms with E-state index in [0.717, 1.165) is 0 Å². The number of carbonyl (C=O) groups is 1. The molecule has 0 spiro atoms. The highest BCUT2D eigenvalue weighted by molar-refractivity contribution is 9.10. The lowest BCUT2D eigenvalue weighted by Crippen LogP contribution is -1.90. The van der Waals surface area contributed by atoms with Gasteiger partial charge in [0.15, 0.2) is 4.83 Å². The molecule has 0 aliphatic carbocycles. The Morgan fingerprint density at radius 1 is 1.42 bits per heavy atom. The van der Waals surface area contributed by atoms with Crippen LogP contribution >= 0.6 is 15.9 Å². The fourth-order valence-electron chi connectivity index (χ4n) is 0.343. The molecule has 4 heteroatoms. The molecule has 0 amide bonds. The van der Waals surface area contributed by atoms with Gasteiger partial charge in [-0.25, -0.2) is 0 Å². The number of hydrogen-bond donors (Lipinski definition) is 0. The molecule has 0 N–H and O–H groups in total. The van der Waals surface area contributed by atoms with Crippen molar-refractivity contribution in [2.24, 2.45) is 0 Å². The number of carbonyl (C=O) groups excluding carboxylic acids is 1. The summed E-state index contributed by atoms with van der Waals surface area (Å²) >= 11 is 2.75. The molecule has 3 nitrogen and oxygen atoms in total. The third kappa shape index (κ3) is 6.90. The Labute approximate surface area is 79.2 Å². The van der Waals surface area contributed by atoms with Gasteiger partial charge in [-0.2, -0.15) is 5.26 Å². The van der Waals surface area contributed by atoms with Crippen LogP contribution in [0.15, 0.2) is 30.6 Å². The fourth-order valence-corrected chi connectivity index (χ4v) is 0.343. The second-order valence-electron chi connectivity index (χ2n) is 1.69. The maximum absolute atomic E-state index is 9.47. The molecule has 1 rings (SSSR count). The second kappa shape index (κ2) is 7.89. The van der Waals surface area contributed by atoms with Crippen molar-refractivity contribution in [2.45, 2.75) is 4.83 Å². The fraction of sp³-hybridized carbons (Fsp3) is 0.125. The summed E-state index contributed by atoms with van der Waals surface area (Å²) in [5, 5.41) is 7.81. The van der Waals surface area contributed by atoms with Gasteiger partial charge in [0, 0.05) is 12.4 Å². The molecule has 0 aliphatic heterocycles. The third-order valence-corrected chi connectivity index (χ3v) is 1.23. The van der Waals surface area contributed by atoms with Crippen molar-refractivity contribution in [3.63, 3.8) is 0 Å². The number of nitriles is 1. The molecule has 1 atom stereocenters. The van der Waals surface area contributed by atoms with E-state index in [-0.39, 0.29) is 0 Å². The molecular weight excluding hydrogens is 220 g/mol. The lowest BCUT2D eigenvalue weighted by Gasteiger charge is -1.73. The Balaban J connectivity index is 0.000000202. The average molecular weight is 227 g/mol. The van der Waals surface area contributed by atoms with E-state index in [1.54, 1.807) is 18.5 Å². The molecular formula is C8H7BrN2O. The van der Waals surface area contributed by atoms with E-state index in [4.69, 9.17) is 5.26 Å². The van der Waals surface area contributed by atoms with Gasteiger partial charge in [-0.1, -0.05) is 22.0 Å². The summed E-state index contributed by atoms with van der Waals surface area (Å²) in [6.45, 7) is 0. The smallest absolute Gasteiger partial charge is 0.156 e. The summed E-state index contributed by atoms with van der Waals surface area (Å²) < 4.78 is 0. The molecule has 0 fully saturated rings. The van der Waals surface area contributed by atoms with Crippen LogP contribution in [0.4, 0.5) is 0 Å². The van der Waals surface area contributed by atoms with Gasteiger partial charge < -0.3 is 4.79 Å². The Kier molecular flexibility index (Phi) is 7.10. The number of pyridine rings is 1. The number of alkyl halides is 1. The zero-order valence-corrected chi connectivity index (χ0v) is 7.81. The highest BCUT2D eigenvalue weighted by Gasteiger charge is 1.91. The molecule has 1 aromatic rings. The van der Waals surface area contributed by atoms with Gasteiger partial charge in [-0.15, -0.1) is 0 Å². The van der Waals surface area contributed by atoms with Crippen LogP contribution in [-0.4, -0.2) is 16.1 Å². The summed E-state index contributed by atoms with van der Waals surface area (Å²) in [6.07, 6.45) is 4.03. The largest absolute Gasteiger partial charge is 0.301 e. The van der Waals surface area contributed by atoms with E-state index in [2.05, 4.69) is 20.9 Å². The SMILES string of the molecule is N#CC(Br)C=O.c1ccncc1. The highest BCUT2D eigenvalue weighted by atomic mass is 79.9. The number of hydrogen-bond acceptors (Lipinski definition) is 3.